The summed E-state index contributed by atoms with van der Waals surface area (Å²) in [6, 6.07) is 4.34. The van der Waals surface area contributed by atoms with Crippen LogP contribution >= 0.6 is 0 Å². The lowest BCUT2D eigenvalue weighted by molar-refractivity contribution is 0.583. The maximum absolute atomic E-state index is 13.8. The van der Waals surface area contributed by atoms with E-state index < -0.39 is 0 Å². The third-order valence-electron chi connectivity index (χ3n) is 3.71. The third-order valence-corrected chi connectivity index (χ3v) is 3.71. The fraction of sp³-hybridized carbons (Fsp3) is 0.600. The zero-order chi connectivity index (χ0) is 12.4. The van der Waals surface area contributed by atoms with E-state index >= 15 is 0 Å². The second kappa shape index (κ2) is 5.18. The average molecular weight is 235 g/mol. The Balaban J connectivity index is 2.23. The van der Waals surface area contributed by atoms with Gasteiger partial charge >= 0.3 is 0 Å². The quantitative estimate of drug-likeness (QED) is 0.844. The Kier molecular flexibility index (Phi) is 3.82. The molecule has 0 aliphatic carbocycles. The van der Waals surface area contributed by atoms with E-state index in [1.165, 1.54) is 18.4 Å². The molecule has 0 aromatic heterocycles. The predicted molar refractivity (Wildman–Crippen MR) is 70.0 cm³/mol. The first kappa shape index (κ1) is 12.6. The van der Waals surface area contributed by atoms with E-state index in [1.54, 1.807) is 6.07 Å². The van der Waals surface area contributed by atoms with Crippen LogP contribution in [0.15, 0.2) is 12.1 Å². The molecule has 1 fully saturated rings. The van der Waals surface area contributed by atoms with Crippen molar-refractivity contribution in [2.45, 2.75) is 52.0 Å². The van der Waals surface area contributed by atoms with Crippen LogP contribution in [0.4, 0.5) is 4.39 Å². The minimum Gasteiger partial charge on any atom is -0.314 e. The molecule has 1 aromatic carbocycles. The van der Waals surface area contributed by atoms with Gasteiger partial charge in [0.05, 0.1) is 0 Å². The van der Waals surface area contributed by atoms with Crippen molar-refractivity contribution in [2.75, 3.05) is 6.54 Å². The summed E-state index contributed by atoms with van der Waals surface area (Å²) >= 11 is 0. The summed E-state index contributed by atoms with van der Waals surface area (Å²) in [7, 11) is 0. The Morgan fingerprint density at radius 3 is 2.76 bits per heavy atom. The predicted octanol–water partition coefficient (Wildman–Crippen LogP) is 3.55. The van der Waals surface area contributed by atoms with Crippen LogP contribution in [0.2, 0.25) is 0 Å². The van der Waals surface area contributed by atoms with Gasteiger partial charge < -0.3 is 5.32 Å². The minimum absolute atomic E-state index is 0.0550. The molecule has 1 N–H and O–H groups in total. The number of hydrogen-bond donors (Lipinski definition) is 1. The Hall–Kier alpha value is -0.890. The van der Waals surface area contributed by atoms with Gasteiger partial charge in [0.1, 0.15) is 5.82 Å². The number of hydrogen-bond acceptors (Lipinski definition) is 1. The van der Waals surface area contributed by atoms with Crippen LogP contribution in [0, 0.1) is 12.7 Å². The lowest BCUT2D eigenvalue weighted by atomic mass is 9.93. The molecule has 1 heterocycles. The van der Waals surface area contributed by atoms with Gasteiger partial charge in [-0.25, -0.2) is 4.39 Å². The zero-order valence-electron chi connectivity index (χ0n) is 11.0. The van der Waals surface area contributed by atoms with Gasteiger partial charge in [-0.2, -0.15) is 0 Å². The first-order chi connectivity index (χ1) is 8.08. The maximum Gasteiger partial charge on any atom is 0.126 e. The lowest BCUT2D eigenvalue weighted by Crippen LogP contribution is -2.24. The molecule has 17 heavy (non-hydrogen) atoms. The van der Waals surface area contributed by atoms with E-state index in [0.717, 1.165) is 24.1 Å². The van der Waals surface area contributed by atoms with E-state index in [4.69, 9.17) is 0 Å². The van der Waals surface area contributed by atoms with Crippen molar-refractivity contribution in [1.82, 2.24) is 5.32 Å². The van der Waals surface area contributed by atoms with Crippen molar-refractivity contribution < 1.29 is 4.39 Å². The molecule has 1 unspecified atom stereocenters. The number of benzene rings is 1. The Labute approximate surface area is 103 Å². The van der Waals surface area contributed by atoms with E-state index in [9.17, 15) is 4.39 Å². The SMILES string of the molecule is Cc1cc(F)c(C(C)C)cc1CC1CCCN1. The van der Waals surface area contributed by atoms with Crippen LogP contribution < -0.4 is 5.32 Å². The van der Waals surface area contributed by atoms with Crippen molar-refractivity contribution in [3.8, 4) is 0 Å². The molecule has 94 valence electrons. The van der Waals surface area contributed by atoms with Crippen LogP contribution in [0.5, 0.6) is 0 Å². The molecule has 0 saturated carbocycles. The molecular weight excluding hydrogens is 213 g/mol. The van der Waals surface area contributed by atoms with Gasteiger partial charge in [-0.15, -0.1) is 0 Å². The van der Waals surface area contributed by atoms with E-state index in [1.807, 2.05) is 20.8 Å². The third kappa shape index (κ3) is 2.86. The largest absolute Gasteiger partial charge is 0.314 e. The fourth-order valence-corrected chi connectivity index (χ4v) is 2.60. The summed E-state index contributed by atoms with van der Waals surface area (Å²) in [6.07, 6.45) is 3.54. The van der Waals surface area contributed by atoms with Crippen LogP contribution in [0.1, 0.15) is 49.3 Å². The standard InChI is InChI=1S/C15H22FN/c1-10(2)14-9-12(11(3)7-15(14)16)8-13-5-4-6-17-13/h7,9-10,13,17H,4-6,8H2,1-3H3. The van der Waals surface area contributed by atoms with Gasteiger partial charge in [0.15, 0.2) is 0 Å². The van der Waals surface area contributed by atoms with Crippen molar-refractivity contribution in [3.63, 3.8) is 0 Å². The first-order valence-corrected chi connectivity index (χ1v) is 6.60. The Bertz CT molecular complexity index is 392. The highest BCUT2D eigenvalue weighted by molar-refractivity contribution is 5.34. The van der Waals surface area contributed by atoms with Crippen molar-refractivity contribution in [2.24, 2.45) is 0 Å². The lowest BCUT2D eigenvalue weighted by Gasteiger charge is -2.16. The van der Waals surface area contributed by atoms with Gasteiger partial charge in [0.25, 0.3) is 0 Å². The van der Waals surface area contributed by atoms with Crippen LogP contribution in [-0.2, 0) is 6.42 Å². The van der Waals surface area contributed by atoms with Crippen molar-refractivity contribution >= 4 is 0 Å². The van der Waals surface area contributed by atoms with Gasteiger partial charge in [-0.05, 0) is 61.4 Å². The zero-order valence-corrected chi connectivity index (χ0v) is 11.0. The normalized spacial score (nSPS) is 20.2. The summed E-state index contributed by atoms with van der Waals surface area (Å²) in [4.78, 5) is 0. The molecule has 0 amide bonds. The monoisotopic (exact) mass is 235 g/mol. The summed E-state index contributed by atoms with van der Waals surface area (Å²) in [5.74, 6) is 0.200. The Morgan fingerprint density at radius 1 is 1.41 bits per heavy atom. The maximum atomic E-state index is 13.8. The van der Waals surface area contributed by atoms with Gasteiger partial charge in [0, 0.05) is 6.04 Å². The summed E-state index contributed by atoms with van der Waals surface area (Å²) in [6.45, 7) is 7.23. The van der Waals surface area contributed by atoms with E-state index in [2.05, 4.69) is 11.4 Å². The molecule has 1 aromatic rings. The van der Waals surface area contributed by atoms with Gasteiger partial charge in [-0.3, -0.25) is 0 Å². The average Bonchev–Trinajstić information content (AvgIpc) is 2.74. The number of nitrogens with one attached hydrogen (secondary N) is 1. The summed E-state index contributed by atoms with van der Waals surface area (Å²) < 4.78 is 13.8. The van der Waals surface area contributed by atoms with Crippen molar-refractivity contribution in [1.29, 1.82) is 0 Å². The summed E-state index contributed by atoms with van der Waals surface area (Å²) in [5.41, 5.74) is 3.23. The van der Waals surface area contributed by atoms with Gasteiger partial charge in [-0.1, -0.05) is 19.9 Å². The molecule has 2 rings (SSSR count). The molecule has 1 atom stereocenters. The fourth-order valence-electron chi connectivity index (χ4n) is 2.60. The molecule has 0 spiro atoms. The van der Waals surface area contributed by atoms with Crippen LogP contribution in [0.3, 0.4) is 0 Å². The first-order valence-electron chi connectivity index (χ1n) is 6.60. The van der Waals surface area contributed by atoms with E-state index in [-0.39, 0.29) is 11.7 Å². The topological polar surface area (TPSA) is 12.0 Å². The molecule has 2 heteroatoms. The highest BCUT2D eigenvalue weighted by Gasteiger charge is 2.17. The molecular formula is C15H22FN. The number of rotatable bonds is 3. The molecule has 1 aliphatic heterocycles. The molecule has 1 aliphatic rings. The Morgan fingerprint density at radius 2 is 2.18 bits per heavy atom. The van der Waals surface area contributed by atoms with E-state index in [0.29, 0.717) is 6.04 Å². The highest BCUT2D eigenvalue weighted by Crippen LogP contribution is 2.24. The number of aryl methyl sites for hydroxylation is 1. The van der Waals surface area contributed by atoms with Gasteiger partial charge in [0.2, 0.25) is 0 Å². The second-order valence-electron chi connectivity index (χ2n) is 5.45. The smallest absolute Gasteiger partial charge is 0.126 e. The number of halogens is 1. The molecule has 0 bridgehead atoms. The van der Waals surface area contributed by atoms with Crippen LogP contribution in [-0.4, -0.2) is 12.6 Å². The second-order valence-corrected chi connectivity index (χ2v) is 5.45. The van der Waals surface area contributed by atoms with Crippen LogP contribution in [0.25, 0.3) is 0 Å². The molecule has 0 radical (unpaired) electrons. The molecule has 1 nitrogen and oxygen atoms in total. The minimum atomic E-state index is -0.0550. The summed E-state index contributed by atoms with van der Waals surface area (Å²) in [5, 5.41) is 3.50. The van der Waals surface area contributed by atoms with Crippen molar-refractivity contribution in [3.05, 3.63) is 34.6 Å². The highest BCUT2D eigenvalue weighted by atomic mass is 19.1. The molecule has 1 saturated heterocycles.